The zero-order chi connectivity index (χ0) is 17.7. The van der Waals surface area contributed by atoms with Crippen LogP contribution in [0, 0.1) is 6.92 Å². The van der Waals surface area contributed by atoms with Crippen LogP contribution in [-0.2, 0) is 11.3 Å². The molecule has 0 aromatic carbocycles. The first-order chi connectivity index (χ1) is 12.3. The number of guanidine groups is 1. The number of nitrogens with zero attached hydrogens (tertiary/aromatic N) is 3. The molecule has 0 bridgehead atoms. The lowest BCUT2D eigenvalue weighted by atomic mass is 10.1. The Balaban J connectivity index is 0.00000338. The second kappa shape index (κ2) is 14.3. The third kappa shape index (κ3) is 9.75. The first kappa shape index (κ1) is 23.2. The van der Waals surface area contributed by atoms with Crippen LogP contribution in [0.2, 0.25) is 0 Å². The molecule has 0 spiro atoms. The van der Waals surface area contributed by atoms with E-state index in [2.05, 4.69) is 40.8 Å². The zero-order valence-corrected chi connectivity index (χ0v) is 18.7. The van der Waals surface area contributed by atoms with Gasteiger partial charge in [0.2, 0.25) is 0 Å². The summed E-state index contributed by atoms with van der Waals surface area (Å²) in [7, 11) is 0. The van der Waals surface area contributed by atoms with E-state index in [1.807, 2.05) is 10.9 Å². The topological polar surface area (TPSA) is 63.5 Å². The molecule has 6 nitrogen and oxygen atoms in total. The van der Waals surface area contributed by atoms with Crippen LogP contribution in [0.1, 0.15) is 57.4 Å². The summed E-state index contributed by atoms with van der Waals surface area (Å²) in [4.78, 5) is 4.63. The van der Waals surface area contributed by atoms with Gasteiger partial charge in [-0.2, -0.15) is 5.10 Å². The minimum Gasteiger partial charge on any atom is -0.376 e. The molecule has 0 atom stereocenters. The highest BCUT2D eigenvalue weighted by Gasteiger charge is 2.12. The molecule has 0 radical (unpaired) electrons. The number of aryl methyl sites for hydroxylation is 2. The molecule has 0 aliphatic heterocycles. The molecule has 2 N–H and O–H groups in total. The van der Waals surface area contributed by atoms with Gasteiger partial charge in [0, 0.05) is 32.4 Å². The SMILES string of the molecule is CCNC(=NCCCn1cc(C)cn1)NCCOC1CCCCCC1.I. The molecule has 1 aliphatic rings. The third-order valence-electron chi connectivity index (χ3n) is 4.47. The summed E-state index contributed by atoms with van der Waals surface area (Å²) in [5.41, 5.74) is 1.20. The molecule has 26 heavy (non-hydrogen) atoms. The van der Waals surface area contributed by atoms with E-state index in [4.69, 9.17) is 4.74 Å². The molecule has 1 fully saturated rings. The fraction of sp³-hybridized carbons (Fsp3) is 0.789. The predicted molar refractivity (Wildman–Crippen MR) is 118 cm³/mol. The lowest BCUT2D eigenvalue weighted by Gasteiger charge is -2.16. The Kier molecular flexibility index (Phi) is 12.7. The van der Waals surface area contributed by atoms with Crippen LogP contribution in [0.5, 0.6) is 0 Å². The lowest BCUT2D eigenvalue weighted by Crippen LogP contribution is -2.39. The van der Waals surface area contributed by atoms with Gasteiger partial charge in [-0.3, -0.25) is 9.67 Å². The Labute approximate surface area is 175 Å². The van der Waals surface area contributed by atoms with Crippen molar-refractivity contribution in [2.45, 2.75) is 71.4 Å². The number of ether oxygens (including phenoxy) is 1. The Hall–Kier alpha value is -0.830. The van der Waals surface area contributed by atoms with E-state index in [1.54, 1.807) is 0 Å². The molecular weight excluding hydrogens is 441 g/mol. The van der Waals surface area contributed by atoms with Crippen LogP contribution in [-0.4, -0.2) is 48.1 Å². The van der Waals surface area contributed by atoms with Crippen LogP contribution < -0.4 is 10.6 Å². The van der Waals surface area contributed by atoms with Crippen molar-refractivity contribution in [3.8, 4) is 0 Å². The normalized spacial score (nSPS) is 16.0. The van der Waals surface area contributed by atoms with Gasteiger partial charge in [-0.1, -0.05) is 25.7 Å². The van der Waals surface area contributed by atoms with E-state index in [1.165, 1.54) is 44.1 Å². The quantitative estimate of drug-likeness (QED) is 0.188. The average molecular weight is 477 g/mol. The molecule has 1 aromatic rings. The van der Waals surface area contributed by atoms with E-state index in [-0.39, 0.29) is 24.0 Å². The molecule has 1 saturated carbocycles. The Morgan fingerprint density at radius 1 is 1.27 bits per heavy atom. The van der Waals surface area contributed by atoms with Gasteiger partial charge >= 0.3 is 0 Å². The Morgan fingerprint density at radius 2 is 2.04 bits per heavy atom. The first-order valence-corrected chi connectivity index (χ1v) is 9.90. The van der Waals surface area contributed by atoms with Crippen molar-refractivity contribution in [2.75, 3.05) is 26.2 Å². The number of nitrogens with one attached hydrogen (secondary N) is 2. The Bertz CT molecular complexity index is 498. The minimum absolute atomic E-state index is 0. The summed E-state index contributed by atoms with van der Waals surface area (Å²) < 4.78 is 8.00. The second-order valence-corrected chi connectivity index (χ2v) is 6.81. The summed E-state index contributed by atoms with van der Waals surface area (Å²) in [5, 5.41) is 11.0. The van der Waals surface area contributed by atoms with Crippen molar-refractivity contribution in [3.05, 3.63) is 18.0 Å². The van der Waals surface area contributed by atoms with Gasteiger partial charge in [0.05, 0.1) is 18.9 Å². The van der Waals surface area contributed by atoms with Crippen LogP contribution >= 0.6 is 24.0 Å². The van der Waals surface area contributed by atoms with E-state index < -0.39 is 0 Å². The summed E-state index contributed by atoms with van der Waals surface area (Å²) in [6, 6.07) is 0. The van der Waals surface area contributed by atoms with Gasteiger partial charge < -0.3 is 15.4 Å². The highest BCUT2D eigenvalue weighted by atomic mass is 127. The van der Waals surface area contributed by atoms with Gasteiger partial charge in [-0.15, -0.1) is 24.0 Å². The first-order valence-electron chi connectivity index (χ1n) is 9.90. The molecule has 2 rings (SSSR count). The molecule has 0 unspecified atom stereocenters. The molecule has 7 heteroatoms. The van der Waals surface area contributed by atoms with Crippen molar-refractivity contribution in [3.63, 3.8) is 0 Å². The van der Waals surface area contributed by atoms with Crippen molar-refractivity contribution in [1.29, 1.82) is 0 Å². The minimum atomic E-state index is 0. The molecule has 1 aromatic heterocycles. The van der Waals surface area contributed by atoms with E-state index >= 15 is 0 Å². The molecular formula is C19H36IN5O. The third-order valence-corrected chi connectivity index (χ3v) is 4.47. The van der Waals surface area contributed by atoms with Gasteiger partial charge in [0.15, 0.2) is 5.96 Å². The van der Waals surface area contributed by atoms with E-state index in [0.717, 1.165) is 45.2 Å². The van der Waals surface area contributed by atoms with Crippen LogP contribution in [0.15, 0.2) is 17.4 Å². The fourth-order valence-corrected chi connectivity index (χ4v) is 3.16. The molecule has 1 heterocycles. The summed E-state index contributed by atoms with van der Waals surface area (Å²) in [6.45, 7) is 8.27. The molecule has 1 aliphatic carbocycles. The fourth-order valence-electron chi connectivity index (χ4n) is 3.16. The van der Waals surface area contributed by atoms with Crippen LogP contribution in [0.3, 0.4) is 0 Å². The maximum Gasteiger partial charge on any atom is 0.191 e. The number of aromatic nitrogens is 2. The summed E-state index contributed by atoms with van der Waals surface area (Å²) in [6.07, 6.45) is 13.2. The van der Waals surface area contributed by atoms with Gasteiger partial charge in [0.25, 0.3) is 0 Å². The average Bonchev–Trinajstić information content (AvgIpc) is 2.85. The molecule has 0 amide bonds. The highest BCUT2D eigenvalue weighted by molar-refractivity contribution is 14.0. The largest absolute Gasteiger partial charge is 0.376 e. The highest BCUT2D eigenvalue weighted by Crippen LogP contribution is 2.19. The second-order valence-electron chi connectivity index (χ2n) is 6.81. The maximum atomic E-state index is 6.02. The number of hydrogen-bond acceptors (Lipinski definition) is 3. The van der Waals surface area contributed by atoms with Crippen molar-refractivity contribution >= 4 is 29.9 Å². The van der Waals surface area contributed by atoms with E-state index in [0.29, 0.717) is 6.10 Å². The number of halogens is 1. The van der Waals surface area contributed by atoms with Gasteiger partial charge in [-0.05, 0) is 38.7 Å². The van der Waals surface area contributed by atoms with Crippen LogP contribution in [0.25, 0.3) is 0 Å². The van der Waals surface area contributed by atoms with Gasteiger partial charge in [-0.25, -0.2) is 0 Å². The predicted octanol–water partition coefficient (Wildman–Crippen LogP) is 3.49. The van der Waals surface area contributed by atoms with Crippen molar-refractivity contribution < 1.29 is 4.74 Å². The van der Waals surface area contributed by atoms with Crippen molar-refractivity contribution in [1.82, 2.24) is 20.4 Å². The summed E-state index contributed by atoms with van der Waals surface area (Å²) in [5.74, 6) is 0.878. The van der Waals surface area contributed by atoms with E-state index in [9.17, 15) is 0 Å². The van der Waals surface area contributed by atoms with Crippen molar-refractivity contribution in [2.24, 2.45) is 4.99 Å². The monoisotopic (exact) mass is 477 g/mol. The Morgan fingerprint density at radius 3 is 2.69 bits per heavy atom. The molecule has 150 valence electrons. The maximum absolute atomic E-state index is 6.02. The number of rotatable bonds is 9. The smallest absolute Gasteiger partial charge is 0.191 e. The number of aliphatic imine (C=N–C) groups is 1. The van der Waals surface area contributed by atoms with Gasteiger partial charge in [0.1, 0.15) is 0 Å². The molecule has 0 saturated heterocycles. The zero-order valence-electron chi connectivity index (χ0n) is 16.4. The lowest BCUT2D eigenvalue weighted by molar-refractivity contribution is 0.0468. The van der Waals surface area contributed by atoms with Crippen LogP contribution in [0.4, 0.5) is 0 Å². The standard InChI is InChI=1S/C19H35N5O.HI/c1-3-20-19(21-11-8-13-24-16-17(2)15-23-24)22-12-14-25-18-9-6-4-5-7-10-18;/h15-16,18H,3-14H2,1-2H3,(H2,20,21,22);1H. The number of hydrogen-bond donors (Lipinski definition) is 2. The summed E-state index contributed by atoms with van der Waals surface area (Å²) >= 11 is 0.